The van der Waals surface area contributed by atoms with Gasteiger partial charge in [-0.3, -0.25) is 4.79 Å². The van der Waals surface area contributed by atoms with Crippen molar-refractivity contribution in [1.82, 2.24) is 0 Å². The predicted octanol–water partition coefficient (Wildman–Crippen LogP) is 3.36. The van der Waals surface area contributed by atoms with Crippen molar-refractivity contribution in [3.05, 3.63) is 28.2 Å². The molecular formula is C11H13Cl2NO2. The number of hydrogen-bond donors (Lipinski definition) is 1. The van der Waals surface area contributed by atoms with Crippen LogP contribution in [0.15, 0.2) is 18.2 Å². The Kier molecular flexibility index (Phi) is 5.43. The summed E-state index contributed by atoms with van der Waals surface area (Å²) in [4.78, 5) is 11.1. The van der Waals surface area contributed by atoms with E-state index < -0.39 is 0 Å². The Balaban J connectivity index is 2.42. The minimum Gasteiger partial charge on any atom is -0.466 e. The van der Waals surface area contributed by atoms with Gasteiger partial charge in [-0.2, -0.15) is 0 Å². The van der Waals surface area contributed by atoms with E-state index in [0.717, 1.165) is 5.69 Å². The third kappa shape index (κ3) is 4.29. The van der Waals surface area contributed by atoms with Crippen molar-refractivity contribution in [2.45, 2.75) is 13.3 Å². The average Bonchev–Trinajstić information content (AvgIpc) is 2.23. The van der Waals surface area contributed by atoms with Crippen LogP contribution in [0.25, 0.3) is 0 Å². The Morgan fingerprint density at radius 1 is 1.44 bits per heavy atom. The molecule has 1 aromatic carbocycles. The van der Waals surface area contributed by atoms with Gasteiger partial charge in [-0.15, -0.1) is 0 Å². The molecular weight excluding hydrogens is 249 g/mol. The summed E-state index contributed by atoms with van der Waals surface area (Å²) in [7, 11) is 0. The molecule has 0 bridgehead atoms. The summed E-state index contributed by atoms with van der Waals surface area (Å²) in [5.74, 6) is -0.229. The normalized spacial score (nSPS) is 9.94. The molecule has 0 unspecified atom stereocenters. The van der Waals surface area contributed by atoms with Crippen molar-refractivity contribution in [3.8, 4) is 0 Å². The lowest BCUT2D eigenvalue weighted by atomic mass is 10.3. The summed E-state index contributed by atoms with van der Waals surface area (Å²) < 4.78 is 4.80. The SMILES string of the molecule is CCOC(=O)CCNc1cc(Cl)ccc1Cl. The molecule has 0 fully saturated rings. The first-order chi connectivity index (χ1) is 7.63. The Morgan fingerprint density at radius 2 is 2.19 bits per heavy atom. The number of halogens is 2. The van der Waals surface area contributed by atoms with E-state index in [0.29, 0.717) is 29.6 Å². The van der Waals surface area contributed by atoms with Gasteiger partial charge >= 0.3 is 5.97 Å². The van der Waals surface area contributed by atoms with E-state index in [4.69, 9.17) is 27.9 Å². The third-order valence-corrected chi connectivity index (χ3v) is 2.44. The van der Waals surface area contributed by atoms with E-state index in [9.17, 15) is 4.79 Å². The highest BCUT2D eigenvalue weighted by molar-refractivity contribution is 6.35. The highest BCUT2D eigenvalue weighted by Gasteiger charge is 2.03. The van der Waals surface area contributed by atoms with Crippen LogP contribution in [0, 0.1) is 0 Å². The lowest BCUT2D eigenvalue weighted by Crippen LogP contribution is -2.11. The smallest absolute Gasteiger partial charge is 0.307 e. The minimum atomic E-state index is -0.229. The summed E-state index contributed by atoms with van der Waals surface area (Å²) in [5.41, 5.74) is 0.721. The zero-order valence-electron chi connectivity index (χ0n) is 8.93. The summed E-state index contributed by atoms with van der Waals surface area (Å²) >= 11 is 11.8. The number of nitrogens with one attached hydrogen (secondary N) is 1. The zero-order chi connectivity index (χ0) is 12.0. The Labute approximate surface area is 105 Å². The standard InChI is InChI=1S/C11H13Cl2NO2/c1-2-16-11(15)5-6-14-10-7-8(12)3-4-9(10)13/h3-4,7,14H,2,5-6H2,1H3. The van der Waals surface area contributed by atoms with Crippen molar-refractivity contribution in [3.63, 3.8) is 0 Å². The van der Waals surface area contributed by atoms with E-state index in [1.54, 1.807) is 25.1 Å². The fourth-order valence-electron chi connectivity index (χ4n) is 1.17. The molecule has 0 heterocycles. The Morgan fingerprint density at radius 3 is 2.88 bits per heavy atom. The minimum absolute atomic E-state index is 0.229. The molecule has 0 aliphatic rings. The first-order valence-corrected chi connectivity index (χ1v) is 5.73. The van der Waals surface area contributed by atoms with Crippen LogP contribution in [0.2, 0.25) is 10.0 Å². The molecule has 0 aliphatic carbocycles. The average molecular weight is 262 g/mol. The van der Waals surface area contributed by atoms with Crippen LogP contribution in [0.3, 0.4) is 0 Å². The van der Waals surface area contributed by atoms with Gasteiger partial charge in [0.15, 0.2) is 0 Å². The molecule has 0 radical (unpaired) electrons. The maximum atomic E-state index is 11.1. The molecule has 88 valence electrons. The van der Waals surface area contributed by atoms with Gasteiger partial charge in [0, 0.05) is 11.6 Å². The number of carbonyl (C=O) groups excluding carboxylic acids is 1. The first kappa shape index (κ1) is 13.1. The lowest BCUT2D eigenvalue weighted by molar-refractivity contribution is -0.142. The van der Waals surface area contributed by atoms with Gasteiger partial charge < -0.3 is 10.1 Å². The number of ether oxygens (including phenoxy) is 1. The molecule has 1 N–H and O–H groups in total. The Bertz CT molecular complexity index is 369. The second-order valence-electron chi connectivity index (χ2n) is 3.11. The van der Waals surface area contributed by atoms with E-state index in [1.165, 1.54) is 0 Å². The van der Waals surface area contributed by atoms with Crippen molar-refractivity contribution in [2.75, 3.05) is 18.5 Å². The van der Waals surface area contributed by atoms with Crippen molar-refractivity contribution in [1.29, 1.82) is 0 Å². The summed E-state index contributed by atoms with van der Waals surface area (Å²) in [6.07, 6.45) is 0.302. The molecule has 1 rings (SSSR count). The number of anilines is 1. The molecule has 5 heteroatoms. The molecule has 0 saturated carbocycles. The lowest BCUT2D eigenvalue weighted by Gasteiger charge is -2.08. The first-order valence-electron chi connectivity index (χ1n) is 4.98. The van der Waals surface area contributed by atoms with Crippen LogP contribution < -0.4 is 5.32 Å². The number of rotatable bonds is 5. The zero-order valence-corrected chi connectivity index (χ0v) is 10.4. The van der Waals surface area contributed by atoms with Crippen LogP contribution >= 0.6 is 23.2 Å². The summed E-state index contributed by atoms with van der Waals surface area (Å²) in [5, 5.41) is 4.20. The summed E-state index contributed by atoms with van der Waals surface area (Å²) in [6.45, 7) is 2.65. The highest BCUT2D eigenvalue weighted by Crippen LogP contribution is 2.25. The predicted molar refractivity (Wildman–Crippen MR) is 66.2 cm³/mol. The molecule has 0 atom stereocenters. The van der Waals surface area contributed by atoms with Crippen molar-refractivity contribution in [2.24, 2.45) is 0 Å². The number of benzene rings is 1. The quantitative estimate of drug-likeness (QED) is 0.827. The van der Waals surface area contributed by atoms with E-state index in [-0.39, 0.29) is 5.97 Å². The van der Waals surface area contributed by atoms with E-state index in [1.807, 2.05) is 0 Å². The maximum Gasteiger partial charge on any atom is 0.307 e. The monoisotopic (exact) mass is 261 g/mol. The van der Waals surface area contributed by atoms with Gasteiger partial charge in [-0.25, -0.2) is 0 Å². The fourth-order valence-corrected chi connectivity index (χ4v) is 1.52. The third-order valence-electron chi connectivity index (χ3n) is 1.88. The molecule has 0 amide bonds. The molecule has 0 spiro atoms. The van der Waals surface area contributed by atoms with Crippen molar-refractivity contribution >= 4 is 34.9 Å². The van der Waals surface area contributed by atoms with E-state index >= 15 is 0 Å². The molecule has 16 heavy (non-hydrogen) atoms. The van der Waals surface area contributed by atoms with Gasteiger partial charge in [0.2, 0.25) is 0 Å². The topological polar surface area (TPSA) is 38.3 Å². The molecule has 0 saturated heterocycles. The molecule has 3 nitrogen and oxygen atoms in total. The van der Waals surface area contributed by atoms with Gasteiger partial charge in [-0.1, -0.05) is 23.2 Å². The van der Waals surface area contributed by atoms with Gasteiger partial charge in [0.25, 0.3) is 0 Å². The van der Waals surface area contributed by atoms with Crippen LogP contribution in [0.4, 0.5) is 5.69 Å². The molecule has 1 aromatic rings. The van der Waals surface area contributed by atoms with E-state index in [2.05, 4.69) is 5.32 Å². The summed E-state index contributed by atoms with van der Waals surface area (Å²) in [6, 6.07) is 5.13. The van der Waals surface area contributed by atoms with Gasteiger partial charge in [0.1, 0.15) is 0 Å². The number of hydrogen-bond acceptors (Lipinski definition) is 3. The fraction of sp³-hybridized carbons (Fsp3) is 0.364. The second-order valence-corrected chi connectivity index (χ2v) is 3.95. The Hall–Kier alpha value is -0.930. The van der Waals surface area contributed by atoms with Crippen LogP contribution in [-0.4, -0.2) is 19.1 Å². The second kappa shape index (κ2) is 6.61. The number of carbonyl (C=O) groups is 1. The number of esters is 1. The van der Waals surface area contributed by atoms with Crippen LogP contribution in [-0.2, 0) is 9.53 Å². The van der Waals surface area contributed by atoms with Crippen molar-refractivity contribution < 1.29 is 9.53 Å². The van der Waals surface area contributed by atoms with Crippen LogP contribution in [0.1, 0.15) is 13.3 Å². The van der Waals surface area contributed by atoms with Gasteiger partial charge in [-0.05, 0) is 25.1 Å². The maximum absolute atomic E-state index is 11.1. The van der Waals surface area contributed by atoms with Gasteiger partial charge in [0.05, 0.1) is 23.7 Å². The molecule has 0 aliphatic heterocycles. The van der Waals surface area contributed by atoms with Crippen LogP contribution in [0.5, 0.6) is 0 Å². The molecule has 0 aromatic heterocycles. The highest BCUT2D eigenvalue weighted by atomic mass is 35.5. The largest absolute Gasteiger partial charge is 0.466 e.